The third-order valence-corrected chi connectivity index (χ3v) is 3.84. The molecule has 1 aromatic carbocycles. The van der Waals surface area contributed by atoms with E-state index in [0.29, 0.717) is 11.5 Å². The van der Waals surface area contributed by atoms with Crippen LogP contribution in [0.2, 0.25) is 0 Å². The van der Waals surface area contributed by atoms with Crippen molar-refractivity contribution in [2.45, 2.75) is 31.3 Å². The summed E-state index contributed by atoms with van der Waals surface area (Å²) >= 11 is 0. The molecule has 0 bridgehead atoms. The van der Waals surface area contributed by atoms with Crippen LogP contribution in [-0.4, -0.2) is 10.1 Å². The minimum absolute atomic E-state index is 0.424. The van der Waals surface area contributed by atoms with Crippen molar-refractivity contribution < 1.29 is 9.50 Å². The first-order valence-corrected chi connectivity index (χ1v) is 6.62. The fourth-order valence-electron chi connectivity index (χ4n) is 2.49. The van der Waals surface area contributed by atoms with E-state index >= 15 is 0 Å². The van der Waals surface area contributed by atoms with E-state index in [1.165, 1.54) is 37.1 Å². The minimum Gasteiger partial charge on any atom is -0.384 e. The average molecular weight is 257 g/mol. The van der Waals surface area contributed by atoms with E-state index in [1.807, 2.05) is 18.2 Å². The number of nitrogens with zero attached hydrogens (tertiary/aromatic N) is 1. The molecule has 1 aliphatic carbocycles. The number of halogens is 1. The largest absolute Gasteiger partial charge is 0.384 e. The van der Waals surface area contributed by atoms with Crippen LogP contribution in [0.3, 0.4) is 0 Å². The van der Waals surface area contributed by atoms with Gasteiger partial charge in [0.25, 0.3) is 0 Å². The standard InChI is InChI=1S/C16H16FNO/c17-15-8-14(9-18-10-15)16(19)13-6-2-5-12(7-13)11-3-1-4-11/h2,5-11,16,19H,1,3-4H2. The molecule has 2 nitrogen and oxygen atoms in total. The molecular formula is C16H16FNO. The zero-order valence-electron chi connectivity index (χ0n) is 10.6. The van der Waals surface area contributed by atoms with Crippen LogP contribution in [-0.2, 0) is 0 Å². The monoisotopic (exact) mass is 257 g/mol. The number of aliphatic hydroxyl groups is 1. The second-order valence-corrected chi connectivity index (χ2v) is 5.14. The van der Waals surface area contributed by atoms with Gasteiger partial charge in [-0.2, -0.15) is 0 Å². The van der Waals surface area contributed by atoms with Crippen LogP contribution in [0.5, 0.6) is 0 Å². The summed E-state index contributed by atoms with van der Waals surface area (Å²) in [7, 11) is 0. The number of hydrogen-bond donors (Lipinski definition) is 1. The lowest BCUT2D eigenvalue weighted by atomic mass is 9.79. The predicted octanol–water partition coefficient (Wildman–Crippen LogP) is 3.57. The van der Waals surface area contributed by atoms with E-state index in [1.54, 1.807) is 0 Å². The Balaban J connectivity index is 1.88. The summed E-state index contributed by atoms with van der Waals surface area (Å²) in [6.07, 6.45) is 5.56. The molecule has 3 heteroatoms. The van der Waals surface area contributed by atoms with E-state index < -0.39 is 11.9 Å². The van der Waals surface area contributed by atoms with Crippen LogP contribution in [0.1, 0.15) is 48.0 Å². The quantitative estimate of drug-likeness (QED) is 0.911. The van der Waals surface area contributed by atoms with Gasteiger partial charge in [-0.05, 0) is 36.0 Å². The third kappa shape index (κ3) is 2.51. The van der Waals surface area contributed by atoms with Crippen molar-refractivity contribution in [3.05, 3.63) is 65.2 Å². The molecule has 0 radical (unpaired) electrons. The molecule has 0 saturated heterocycles. The smallest absolute Gasteiger partial charge is 0.141 e. The molecule has 3 rings (SSSR count). The molecule has 1 N–H and O–H groups in total. The van der Waals surface area contributed by atoms with Gasteiger partial charge >= 0.3 is 0 Å². The molecule has 98 valence electrons. The molecule has 19 heavy (non-hydrogen) atoms. The lowest BCUT2D eigenvalue weighted by Gasteiger charge is -2.26. The SMILES string of the molecule is OC(c1cncc(F)c1)c1cccc(C2CCC2)c1. The van der Waals surface area contributed by atoms with Crippen LogP contribution < -0.4 is 0 Å². The molecule has 1 unspecified atom stereocenters. The number of aliphatic hydroxyl groups excluding tert-OH is 1. The molecule has 1 saturated carbocycles. The fourth-order valence-corrected chi connectivity index (χ4v) is 2.49. The van der Waals surface area contributed by atoms with Crippen molar-refractivity contribution in [2.75, 3.05) is 0 Å². The van der Waals surface area contributed by atoms with Crippen molar-refractivity contribution >= 4 is 0 Å². The second-order valence-electron chi connectivity index (χ2n) is 5.14. The number of hydrogen-bond acceptors (Lipinski definition) is 2. The summed E-state index contributed by atoms with van der Waals surface area (Å²) in [4.78, 5) is 3.78. The zero-order chi connectivity index (χ0) is 13.2. The van der Waals surface area contributed by atoms with Gasteiger partial charge in [0.15, 0.2) is 0 Å². The summed E-state index contributed by atoms with van der Waals surface area (Å²) in [5, 5.41) is 10.3. The third-order valence-electron chi connectivity index (χ3n) is 3.84. The van der Waals surface area contributed by atoms with Crippen molar-refractivity contribution in [1.29, 1.82) is 0 Å². The van der Waals surface area contributed by atoms with Gasteiger partial charge in [-0.15, -0.1) is 0 Å². The summed E-state index contributed by atoms with van der Waals surface area (Å²) < 4.78 is 13.1. The molecular weight excluding hydrogens is 241 g/mol. The summed E-state index contributed by atoms with van der Waals surface area (Å²) in [6, 6.07) is 9.29. The maximum atomic E-state index is 13.1. The van der Waals surface area contributed by atoms with Crippen LogP contribution in [0.15, 0.2) is 42.7 Å². The highest BCUT2D eigenvalue weighted by Gasteiger charge is 2.20. The lowest BCUT2D eigenvalue weighted by molar-refractivity contribution is 0.219. The molecule has 2 aromatic rings. The Kier molecular flexibility index (Phi) is 3.30. The first kappa shape index (κ1) is 12.3. The molecule has 1 aliphatic rings. The van der Waals surface area contributed by atoms with Crippen LogP contribution >= 0.6 is 0 Å². The summed E-state index contributed by atoms with van der Waals surface area (Å²) in [5.41, 5.74) is 2.56. The van der Waals surface area contributed by atoms with E-state index in [2.05, 4.69) is 11.1 Å². The van der Waals surface area contributed by atoms with Crippen LogP contribution in [0, 0.1) is 5.82 Å². The average Bonchev–Trinajstić information content (AvgIpc) is 2.36. The van der Waals surface area contributed by atoms with Gasteiger partial charge in [0.05, 0.1) is 6.20 Å². The van der Waals surface area contributed by atoms with Gasteiger partial charge in [0.1, 0.15) is 11.9 Å². The topological polar surface area (TPSA) is 33.1 Å². The Hall–Kier alpha value is -1.74. The Labute approximate surface area is 111 Å². The van der Waals surface area contributed by atoms with E-state index in [4.69, 9.17) is 0 Å². The van der Waals surface area contributed by atoms with Gasteiger partial charge in [-0.1, -0.05) is 30.7 Å². The molecule has 1 heterocycles. The first-order chi connectivity index (χ1) is 9.24. The van der Waals surface area contributed by atoms with Crippen LogP contribution in [0.4, 0.5) is 4.39 Å². The number of pyridine rings is 1. The second kappa shape index (κ2) is 5.10. The summed E-state index contributed by atoms with van der Waals surface area (Å²) in [6.45, 7) is 0. The van der Waals surface area contributed by atoms with Gasteiger partial charge in [0, 0.05) is 11.8 Å². The van der Waals surface area contributed by atoms with Gasteiger partial charge in [-0.25, -0.2) is 4.39 Å². The molecule has 1 aromatic heterocycles. The maximum Gasteiger partial charge on any atom is 0.141 e. The minimum atomic E-state index is -0.816. The molecule has 0 aliphatic heterocycles. The highest BCUT2D eigenvalue weighted by molar-refractivity contribution is 5.33. The van der Waals surface area contributed by atoms with Gasteiger partial charge in [0.2, 0.25) is 0 Å². The predicted molar refractivity (Wildman–Crippen MR) is 71.3 cm³/mol. The Morgan fingerprint density at radius 2 is 2.00 bits per heavy atom. The van der Waals surface area contributed by atoms with E-state index in [9.17, 15) is 9.50 Å². The van der Waals surface area contributed by atoms with Crippen molar-refractivity contribution in [3.63, 3.8) is 0 Å². The van der Waals surface area contributed by atoms with Gasteiger partial charge < -0.3 is 5.11 Å². The van der Waals surface area contributed by atoms with E-state index in [0.717, 1.165) is 11.8 Å². The number of benzene rings is 1. The van der Waals surface area contributed by atoms with Crippen molar-refractivity contribution in [1.82, 2.24) is 4.98 Å². The lowest BCUT2D eigenvalue weighted by Crippen LogP contribution is -2.09. The normalized spacial score (nSPS) is 16.9. The highest BCUT2D eigenvalue weighted by Crippen LogP contribution is 2.37. The van der Waals surface area contributed by atoms with Crippen molar-refractivity contribution in [2.24, 2.45) is 0 Å². The fraction of sp³-hybridized carbons (Fsp3) is 0.312. The van der Waals surface area contributed by atoms with E-state index in [-0.39, 0.29) is 0 Å². The highest BCUT2D eigenvalue weighted by atomic mass is 19.1. The summed E-state index contributed by atoms with van der Waals surface area (Å²) in [5.74, 6) is 0.199. The molecule has 0 amide bonds. The number of rotatable bonds is 3. The first-order valence-electron chi connectivity index (χ1n) is 6.62. The number of aromatic nitrogens is 1. The van der Waals surface area contributed by atoms with Gasteiger partial charge in [-0.3, -0.25) is 4.98 Å². The molecule has 1 fully saturated rings. The maximum absolute atomic E-state index is 13.1. The molecule has 0 spiro atoms. The Morgan fingerprint density at radius 1 is 1.16 bits per heavy atom. The Morgan fingerprint density at radius 3 is 2.68 bits per heavy atom. The van der Waals surface area contributed by atoms with Crippen LogP contribution in [0.25, 0.3) is 0 Å². The van der Waals surface area contributed by atoms with Crippen molar-refractivity contribution in [3.8, 4) is 0 Å². The zero-order valence-corrected chi connectivity index (χ0v) is 10.6. The Bertz CT molecular complexity index is 580. The molecule has 1 atom stereocenters.